The number of amides is 3. The van der Waals surface area contributed by atoms with Gasteiger partial charge in [0.25, 0.3) is 0 Å². The van der Waals surface area contributed by atoms with Crippen LogP contribution in [0.4, 0.5) is 0 Å². The molecule has 6 heteroatoms. The molecular weight excluding hydrogens is 366 g/mol. The van der Waals surface area contributed by atoms with Crippen LogP contribution in [0.2, 0.25) is 0 Å². The highest BCUT2D eigenvalue weighted by molar-refractivity contribution is 6.05. The molecule has 0 radical (unpaired) electrons. The Labute approximate surface area is 172 Å². The zero-order valence-electron chi connectivity index (χ0n) is 17.3. The van der Waals surface area contributed by atoms with E-state index in [-0.39, 0.29) is 42.5 Å². The van der Waals surface area contributed by atoms with Gasteiger partial charge in [-0.1, -0.05) is 37.1 Å². The van der Waals surface area contributed by atoms with Crippen molar-refractivity contribution >= 4 is 17.7 Å². The summed E-state index contributed by atoms with van der Waals surface area (Å²) in [4.78, 5) is 43.4. The van der Waals surface area contributed by atoms with E-state index in [1.54, 1.807) is 0 Å². The van der Waals surface area contributed by atoms with E-state index in [0.717, 1.165) is 45.3 Å². The summed E-state index contributed by atoms with van der Waals surface area (Å²) in [6.45, 7) is 6.40. The predicted octanol–water partition coefficient (Wildman–Crippen LogP) is 2.20. The Balaban J connectivity index is 1.25. The lowest BCUT2D eigenvalue weighted by Crippen LogP contribution is -2.49. The van der Waals surface area contributed by atoms with E-state index >= 15 is 0 Å². The van der Waals surface area contributed by atoms with Crippen LogP contribution in [0.3, 0.4) is 0 Å². The van der Waals surface area contributed by atoms with E-state index in [9.17, 15) is 14.4 Å². The van der Waals surface area contributed by atoms with Gasteiger partial charge in [0.1, 0.15) is 0 Å². The maximum atomic E-state index is 12.7. The van der Waals surface area contributed by atoms with Gasteiger partial charge in [-0.15, -0.1) is 0 Å². The number of fused-ring (bicyclic) bond motifs is 1. The first-order valence-electron chi connectivity index (χ1n) is 10.9. The van der Waals surface area contributed by atoms with Crippen LogP contribution in [0.25, 0.3) is 0 Å². The Bertz CT molecular complexity index is 761. The van der Waals surface area contributed by atoms with Crippen LogP contribution in [0.1, 0.15) is 43.2 Å². The standard InChI is InChI=1S/C23H31N3O3/c1-17-6-2-3-7-18(17)16-24-12-14-25(15-13-24)21(27)10-11-26-22(28)19-8-4-5-9-20(19)23(26)29/h2-3,6-7,19-20H,4-5,8-16H2,1H3/t19-,20-/m1/s1. The number of imide groups is 1. The molecule has 4 rings (SSSR count). The van der Waals surface area contributed by atoms with Gasteiger partial charge in [-0.25, -0.2) is 0 Å². The molecule has 0 bridgehead atoms. The smallest absolute Gasteiger partial charge is 0.233 e. The number of aryl methyl sites for hydroxylation is 1. The van der Waals surface area contributed by atoms with Gasteiger partial charge in [-0.2, -0.15) is 0 Å². The first-order valence-corrected chi connectivity index (χ1v) is 10.9. The third-order valence-electron chi connectivity index (χ3n) is 6.86. The van der Waals surface area contributed by atoms with E-state index in [1.807, 2.05) is 4.90 Å². The third-order valence-corrected chi connectivity index (χ3v) is 6.86. The summed E-state index contributed by atoms with van der Waals surface area (Å²) in [5, 5.41) is 0. The summed E-state index contributed by atoms with van der Waals surface area (Å²) in [6, 6.07) is 8.42. The lowest BCUT2D eigenvalue weighted by atomic mass is 9.81. The van der Waals surface area contributed by atoms with Crippen molar-refractivity contribution in [1.82, 2.24) is 14.7 Å². The quantitative estimate of drug-likeness (QED) is 0.715. The van der Waals surface area contributed by atoms with Gasteiger partial charge < -0.3 is 4.90 Å². The van der Waals surface area contributed by atoms with E-state index in [2.05, 4.69) is 36.1 Å². The van der Waals surface area contributed by atoms with Crippen LogP contribution < -0.4 is 0 Å². The molecule has 3 aliphatic rings. The molecule has 1 saturated carbocycles. The number of piperazine rings is 1. The van der Waals surface area contributed by atoms with E-state index in [0.29, 0.717) is 13.1 Å². The fourth-order valence-corrected chi connectivity index (χ4v) is 5.00. The Hall–Kier alpha value is -2.21. The minimum absolute atomic E-state index is 0.0458. The van der Waals surface area contributed by atoms with Crippen molar-refractivity contribution in [2.75, 3.05) is 32.7 Å². The van der Waals surface area contributed by atoms with Gasteiger partial charge in [0.05, 0.1) is 11.8 Å². The van der Waals surface area contributed by atoms with Crippen LogP contribution in [0, 0.1) is 18.8 Å². The van der Waals surface area contributed by atoms with Gasteiger partial charge >= 0.3 is 0 Å². The van der Waals surface area contributed by atoms with Crippen LogP contribution in [-0.2, 0) is 20.9 Å². The average molecular weight is 398 g/mol. The number of hydrogen-bond donors (Lipinski definition) is 0. The van der Waals surface area contributed by atoms with Gasteiger partial charge in [0, 0.05) is 45.7 Å². The summed E-state index contributed by atoms with van der Waals surface area (Å²) in [5.74, 6) is -0.296. The normalized spacial score (nSPS) is 25.4. The molecule has 1 aromatic rings. The molecule has 3 fully saturated rings. The molecule has 0 spiro atoms. The van der Waals surface area contributed by atoms with Crippen LogP contribution in [-0.4, -0.2) is 65.1 Å². The lowest BCUT2D eigenvalue weighted by molar-refractivity contribution is -0.141. The summed E-state index contributed by atoms with van der Waals surface area (Å²) in [7, 11) is 0. The van der Waals surface area contributed by atoms with E-state index in [1.165, 1.54) is 16.0 Å². The van der Waals surface area contributed by atoms with E-state index in [4.69, 9.17) is 0 Å². The summed E-state index contributed by atoms with van der Waals surface area (Å²) in [6.07, 6.45) is 3.94. The Morgan fingerprint density at radius 1 is 0.966 bits per heavy atom. The maximum absolute atomic E-state index is 12.7. The maximum Gasteiger partial charge on any atom is 0.233 e. The van der Waals surface area contributed by atoms with Crippen molar-refractivity contribution in [2.24, 2.45) is 11.8 Å². The molecule has 3 amide bonds. The van der Waals surface area contributed by atoms with Gasteiger partial charge in [-0.05, 0) is 30.9 Å². The lowest BCUT2D eigenvalue weighted by Gasteiger charge is -2.35. The van der Waals surface area contributed by atoms with Gasteiger partial charge in [-0.3, -0.25) is 24.2 Å². The van der Waals surface area contributed by atoms with Crippen molar-refractivity contribution in [3.05, 3.63) is 35.4 Å². The monoisotopic (exact) mass is 397 g/mol. The SMILES string of the molecule is Cc1ccccc1CN1CCN(C(=O)CCN2C(=O)[C@@H]3CCCC[C@H]3C2=O)CC1. The van der Waals surface area contributed by atoms with Crippen molar-refractivity contribution in [1.29, 1.82) is 0 Å². The highest BCUT2D eigenvalue weighted by Crippen LogP contribution is 2.38. The number of carbonyl (C=O) groups excluding carboxylic acids is 3. The number of likely N-dealkylation sites (tertiary alicyclic amines) is 1. The Morgan fingerprint density at radius 2 is 1.59 bits per heavy atom. The van der Waals surface area contributed by atoms with Crippen LogP contribution >= 0.6 is 0 Å². The number of rotatable bonds is 5. The average Bonchev–Trinajstić information content (AvgIpc) is 2.99. The van der Waals surface area contributed by atoms with Crippen LogP contribution in [0.15, 0.2) is 24.3 Å². The number of hydrogen-bond acceptors (Lipinski definition) is 4. The molecule has 2 aliphatic heterocycles. The van der Waals surface area contributed by atoms with Crippen molar-refractivity contribution < 1.29 is 14.4 Å². The fourth-order valence-electron chi connectivity index (χ4n) is 5.00. The molecule has 0 N–H and O–H groups in total. The van der Waals surface area contributed by atoms with Crippen molar-refractivity contribution in [3.63, 3.8) is 0 Å². The fraction of sp³-hybridized carbons (Fsp3) is 0.609. The summed E-state index contributed by atoms with van der Waals surface area (Å²) >= 11 is 0. The summed E-state index contributed by atoms with van der Waals surface area (Å²) < 4.78 is 0. The molecule has 2 heterocycles. The Kier molecular flexibility index (Phi) is 5.99. The molecule has 0 unspecified atom stereocenters. The minimum atomic E-state index is -0.128. The molecule has 29 heavy (non-hydrogen) atoms. The van der Waals surface area contributed by atoms with Crippen molar-refractivity contribution in [3.8, 4) is 0 Å². The van der Waals surface area contributed by atoms with Crippen molar-refractivity contribution in [2.45, 2.75) is 45.6 Å². The first-order chi connectivity index (χ1) is 14.0. The zero-order valence-corrected chi connectivity index (χ0v) is 17.3. The zero-order chi connectivity index (χ0) is 20.4. The molecular formula is C23H31N3O3. The van der Waals surface area contributed by atoms with Gasteiger partial charge in [0.15, 0.2) is 0 Å². The topological polar surface area (TPSA) is 60.9 Å². The predicted molar refractivity (Wildman–Crippen MR) is 110 cm³/mol. The number of benzene rings is 1. The Morgan fingerprint density at radius 3 is 2.21 bits per heavy atom. The number of nitrogens with zero attached hydrogens (tertiary/aromatic N) is 3. The second kappa shape index (κ2) is 8.66. The highest BCUT2D eigenvalue weighted by Gasteiger charge is 2.47. The molecule has 0 aromatic heterocycles. The molecule has 156 valence electrons. The van der Waals surface area contributed by atoms with Crippen LogP contribution in [0.5, 0.6) is 0 Å². The molecule has 2 atom stereocenters. The second-order valence-corrected chi connectivity index (χ2v) is 8.66. The highest BCUT2D eigenvalue weighted by atomic mass is 16.2. The van der Waals surface area contributed by atoms with Gasteiger partial charge in [0.2, 0.25) is 17.7 Å². The largest absolute Gasteiger partial charge is 0.340 e. The summed E-state index contributed by atoms with van der Waals surface area (Å²) in [5.41, 5.74) is 2.63. The molecule has 2 saturated heterocycles. The molecule has 6 nitrogen and oxygen atoms in total. The third kappa shape index (κ3) is 4.22. The van der Waals surface area contributed by atoms with E-state index < -0.39 is 0 Å². The molecule has 1 aliphatic carbocycles. The minimum Gasteiger partial charge on any atom is -0.340 e. The first kappa shape index (κ1) is 20.1. The second-order valence-electron chi connectivity index (χ2n) is 8.66. The number of carbonyl (C=O) groups is 3. The molecule has 1 aromatic carbocycles.